The first-order chi connectivity index (χ1) is 17.4. The Morgan fingerprint density at radius 1 is 0.917 bits per heavy atom. The molecule has 2 N–H and O–H groups in total. The van der Waals surface area contributed by atoms with Gasteiger partial charge in [-0.3, -0.25) is 4.79 Å². The Morgan fingerprint density at radius 3 is 2.25 bits per heavy atom. The van der Waals surface area contributed by atoms with E-state index in [1.54, 1.807) is 66.7 Å². The van der Waals surface area contributed by atoms with E-state index in [9.17, 15) is 18.0 Å². The highest BCUT2D eigenvalue weighted by Gasteiger charge is 2.14. The van der Waals surface area contributed by atoms with Crippen molar-refractivity contribution in [2.75, 3.05) is 13.2 Å². The number of hydrogen-bond acceptors (Lipinski definition) is 7. The zero-order valence-corrected chi connectivity index (χ0v) is 20.5. The van der Waals surface area contributed by atoms with Crippen LogP contribution in [-0.2, 0) is 14.8 Å². The molecule has 0 heterocycles. The van der Waals surface area contributed by atoms with Crippen molar-refractivity contribution in [3.63, 3.8) is 0 Å². The highest BCUT2D eigenvalue weighted by molar-refractivity contribution is 7.89. The number of ether oxygens (including phenoxy) is 2. The lowest BCUT2D eigenvalue weighted by atomic mass is 10.2. The van der Waals surface area contributed by atoms with E-state index in [1.165, 1.54) is 18.3 Å². The fraction of sp³-hybridized carbons (Fsp3) is 0.192. The minimum absolute atomic E-state index is 0.0653. The Morgan fingerprint density at radius 2 is 1.58 bits per heavy atom. The summed E-state index contributed by atoms with van der Waals surface area (Å²) in [5.74, 6) is -0.0797. The van der Waals surface area contributed by atoms with Gasteiger partial charge in [-0.2, -0.15) is 5.10 Å². The highest BCUT2D eigenvalue weighted by atomic mass is 32.2. The summed E-state index contributed by atoms with van der Waals surface area (Å²) in [7, 11) is -3.79. The molecule has 0 saturated heterocycles. The molecule has 1 amide bonds. The predicted octanol–water partition coefficient (Wildman–Crippen LogP) is 3.51. The van der Waals surface area contributed by atoms with E-state index in [2.05, 4.69) is 22.2 Å². The number of carbonyl (C=O) groups excluding carboxylic acids is 2. The van der Waals surface area contributed by atoms with Crippen LogP contribution in [0.4, 0.5) is 0 Å². The van der Waals surface area contributed by atoms with Gasteiger partial charge in [0, 0.05) is 0 Å². The molecule has 0 saturated carbocycles. The topological polar surface area (TPSA) is 123 Å². The molecule has 9 nitrogen and oxygen atoms in total. The molecule has 10 heteroatoms. The maximum Gasteiger partial charge on any atom is 0.343 e. The van der Waals surface area contributed by atoms with Gasteiger partial charge < -0.3 is 9.47 Å². The van der Waals surface area contributed by atoms with Crippen LogP contribution in [0.5, 0.6) is 11.5 Å². The monoisotopic (exact) mass is 509 g/mol. The molecule has 0 unspecified atom stereocenters. The van der Waals surface area contributed by atoms with Gasteiger partial charge in [0.2, 0.25) is 10.0 Å². The van der Waals surface area contributed by atoms with Crippen LogP contribution >= 0.6 is 0 Å². The van der Waals surface area contributed by atoms with E-state index in [0.717, 1.165) is 12.8 Å². The molecule has 0 radical (unpaired) electrons. The first-order valence-corrected chi connectivity index (χ1v) is 12.8. The van der Waals surface area contributed by atoms with E-state index in [-0.39, 0.29) is 4.90 Å². The second-order valence-corrected chi connectivity index (χ2v) is 9.38. The van der Waals surface area contributed by atoms with Gasteiger partial charge >= 0.3 is 5.97 Å². The summed E-state index contributed by atoms with van der Waals surface area (Å²) in [6.07, 6.45) is 3.39. The number of hydrazone groups is 1. The normalized spacial score (nSPS) is 11.2. The van der Waals surface area contributed by atoms with Crippen molar-refractivity contribution in [1.82, 2.24) is 10.1 Å². The number of nitrogens with zero attached hydrogens (tertiary/aromatic N) is 1. The van der Waals surface area contributed by atoms with Crippen LogP contribution in [0.15, 0.2) is 88.9 Å². The molecule has 188 valence electrons. The van der Waals surface area contributed by atoms with Gasteiger partial charge in [0.1, 0.15) is 11.5 Å². The maximum absolute atomic E-state index is 12.4. The Kier molecular flexibility index (Phi) is 9.73. The van der Waals surface area contributed by atoms with Gasteiger partial charge in [0.15, 0.2) is 0 Å². The fourth-order valence-corrected chi connectivity index (χ4v) is 3.87. The number of sulfonamides is 1. The molecule has 0 spiro atoms. The van der Waals surface area contributed by atoms with Crippen molar-refractivity contribution in [3.05, 3.63) is 90.0 Å². The minimum Gasteiger partial charge on any atom is -0.494 e. The van der Waals surface area contributed by atoms with Gasteiger partial charge in [-0.25, -0.2) is 23.4 Å². The largest absolute Gasteiger partial charge is 0.494 e. The summed E-state index contributed by atoms with van der Waals surface area (Å²) in [4.78, 5) is 24.3. The van der Waals surface area contributed by atoms with Crippen molar-refractivity contribution in [1.29, 1.82) is 0 Å². The van der Waals surface area contributed by atoms with E-state index in [0.29, 0.717) is 29.2 Å². The average molecular weight is 510 g/mol. The van der Waals surface area contributed by atoms with Gasteiger partial charge in [-0.15, -0.1) is 0 Å². The van der Waals surface area contributed by atoms with E-state index >= 15 is 0 Å². The summed E-state index contributed by atoms with van der Waals surface area (Å²) in [5, 5.41) is 3.81. The van der Waals surface area contributed by atoms with Crippen molar-refractivity contribution < 1.29 is 27.5 Å². The van der Waals surface area contributed by atoms with E-state index in [1.807, 2.05) is 0 Å². The molecule has 0 aromatic heterocycles. The van der Waals surface area contributed by atoms with Crippen molar-refractivity contribution in [2.45, 2.75) is 24.7 Å². The third-order valence-corrected chi connectivity index (χ3v) is 6.24. The van der Waals surface area contributed by atoms with Crippen LogP contribution in [0.2, 0.25) is 0 Å². The molecule has 36 heavy (non-hydrogen) atoms. The average Bonchev–Trinajstić information content (AvgIpc) is 2.89. The van der Waals surface area contributed by atoms with Crippen LogP contribution in [0.1, 0.15) is 35.7 Å². The molecule has 0 atom stereocenters. The summed E-state index contributed by atoms with van der Waals surface area (Å²) in [6.45, 7) is 2.25. The Hall–Kier alpha value is -4.02. The van der Waals surface area contributed by atoms with E-state index < -0.39 is 28.4 Å². The Labute approximate surface area is 210 Å². The van der Waals surface area contributed by atoms with Crippen molar-refractivity contribution >= 4 is 28.1 Å². The van der Waals surface area contributed by atoms with Crippen LogP contribution in [-0.4, -0.2) is 39.7 Å². The Bertz CT molecular complexity index is 1280. The van der Waals surface area contributed by atoms with Crippen molar-refractivity contribution in [3.8, 4) is 11.5 Å². The fourth-order valence-electron chi connectivity index (χ4n) is 2.87. The molecule has 0 aliphatic carbocycles. The summed E-state index contributed by atoms with van der Waals surface area (Å²) in [6, 6.07) is 21.0. The van der Waals surface area contributed by atoms with Crippen LogP contribution in [0.25, 0.3) is 0 Å². The number of unbranched alkanes of at least 4 members (excludes halogenated alkanes) is 1. The summed E-state index contributed by atoms with van der Waals surface area (Å²) in [5.41, 5.74) is 3.28. The number of amides is 1. The smallest absolute Gasteiger partial charge is 0.343 e. The number of esters is 1. The molecule has 0 bridgehead atoms. The van der Waals surface area contributed by atoms with Gasteiger partial charge in [0.05, 0.1) is 29.8 Å². The van der Waals surface area contributed by atoms with Crippen molar-refractivity contribution in [2.24, 2.45) is 5.10 Å². The molecule has 0 aliphatic rings. The van der Waals surface area contributed by atoms with Gasteiger partial charge in [-0.1, -0.05) is 31.5 Å². The third kappa shape index (κ3) is 8.33. The maximum atomic E-state index is 12.4. The van der Waals surface area contributed by atoms with E-state index in [4.69, 9.17) is 9.47 Å². The Balaban J connectivity index is 1.44. The second-order valence-electron chi connectivity index (χ2n) is 7.62. The summed E-state index contributed by atoms with van der Waals surface area (Å²) >= 11 is 0. The molecular formula is C26H27N3O6S. The predicted molar refractivity (Wildman–Crippen MR) is 136 cm³/mol. The quantitative estimate of drug-likeness (QED) is 0.127. The van der Waals surface area contributed by atoms with Crippen LogP contribution < -0.4 is 19.6 Å². The number of nitrogens with one attached hydrogen (secondary N) is 2. The third-order valence-electron chi connectivity index (χ3n) is 4.83. The number of hydrogen-bond donors (Lipinski definition) is 2. The number of rotatable bonds is 12. The SMILES string of the molecule is CCCCOc1ccc(C(=O)Oc2ccc(C=NNC(=O)CNS(=O)(=O)c3ccccc3)cc2)cc1. The summed E-state index contributed by atoms with van der Waals surface area (Å²) < 4.78 is 37.4. The first-order valence-electron chi connectivity index (χ1n) is 11.3. The first kappa shape index (κ1) is 26.6. The lowest BCUT2D eigenvalue weighted by molar-refractivity contribution is -0.119. The molecule has 3 aromatic carbocycles. The van der Waals surface area contributed by atoms with Gasteiger partial charge in [0.25, 0.3) is 5.91 Å². The zero-order chi connectivity index (χ0) is 25.8. The minimum atomic E-state index is -3.79. The zero-order valence-electron chi connectivity index (χ0n) is 19.7. The molecule has 3 aromatic rings. The van der Waals surface area contributed by atoms with Gasteiger partial charge in [-0.05, 0) is 72.6 Å². The molecule has 0 aliphatic heterocycles. The molecule has 3 rings (SSSR count). The second kappa shape index (κ2) is 13.2. The molecular weight excluding hydrogens is 482 g/mol. The highest BCUT2D eigenvalue weighted by Crippen LogP contribution is 2.17. The number of carbonyl (C=O) groups is 2. The number of benzene rings is 3. The molecule has 0 fully saturated rings. The lowest BCUT2D eigenvalue weighted by Gasteiger charge is -2.07. The standard InChI is InChI=1S/C26H27N3O6S/c1-2-3-17-34-22-15-11-21(12-16-22)26(31)35-23-13-9-20(10-14-23)18-27-29-25(30)19-28-36(32,33)24-7-5-4-6-8-24/h4-16,18,28H,2-3,17,19H2,1H3,(H,29,30). The van der Waals surface area contributed by atoms with Crippen LogP contribution in [0, 0.1) is 0 Å². The van der Waals surface area contributed by atoms with Crippen LogP contribution in [0.3, 0.4) is 0 Å². The lowest BCUT2D eigenvalue weighted by Crippen LogP contribution is -2.34.